The first kappa shape index (κ1) is 19.3. The fourth-order valence-corrected chi connectivity index (χ4v) is 2.41. The predicted molar refractivity (Wildman–Crippen MR) is 96.8 cm³/mol. The molecule has 23 heavy (non-hydrogen) atoms. The summed E-state index contributed by atoms with van der Waals surface area (Å²) in [4.78, 5) is 13.8. The van der Waals surface area contributed by atoms with Gasteiger partial charge in [-0.05, 0) is 45.2 Å². The average Bonchev–Trinajstić information content (AvgIpc) is 2.46. The van der Waals surface area contributed by atoms with Crippen LogP contribution in [0.3, 0.4) is 0 Å². The fraction of sp³-hybridized carbons (Fsp3) is 0.632. The topological polar surface area (TPSA) is 41.6 Å². The largest absolute Gasteiger partial charge is 0.444 e. The summed E-state index contributed by atoms with van der Waals surface area (Å²) >= 11 is 0. The van der Waals surface area contributed by atoms with E-state index in [0.29, 0.717) is 12.6 Å². The van der Waals surface area contributed by atoms with E-state index >= 15 is 0 Å². The van der Waals surface area contributed by atoms with Gasteiger partial charge in [-0.15, -0.1) is 0 Å². The summed E-state index contributed by atoms with van der Waals surface area (Å²) < 4.78 is 5.42. The molecule has 0 saturated carbocycles. The van der Waals surface area contributed by atoms with E-state index in [4.69, 9.17) is 4.74 Å². The van der Waals surface area contributed by atoms with Crippen molar-refractivity contribution in [2.45, 2.75) is 72.1 Å². The van der Waals surface area contributed by atoms with Gasteiger partial charge in [0.25, 0.3) is 0 Å². The Bertz CT molecular complexity index is 494. The highest BCUT2D eigenvalue weighted by atomic mass is 16.6. The third kappa shape index (κ3) is 6.93. The zero-order chi connectivity index (χ0) is 17.5. The SMILES string of the molecule is CCCC(CC)Nc1ccccc1CN(C)C(=O)OC(C)(C)C. The lowest BCUT2D eigenvalue weighted by Gasteiger charge is -2.26. The van der Waals surface area contributed by atoms with Gasteiger partial charge < -0.3 is 15.0 Å². The summed E-state index contributed by atoms with van der Waals surface area (Å²) in [6, 6.07) is 8.63. The first-order valence-electron chi connectivity index (χ1n) is 8.55. The number of carbonyl (C=O) groups excluding carboxylic acids is 1. The number of hydrogen-bond donors (Lipinski definition) is 1. The van der Waals surface area contributed by atoms with Crippen LogP contribution in [0.1, 0.15) is 59.4 Å². The Hall–Kier alpha value is -1.71. The van der Waals surface area contributed by atoms with E-state index in [9.17, 15) is 4.79 Å². The van der Waals surface area contributed by atoms with Crippen LogP contribution in [0.4, 0.5) is 10.5 Å². The number of benzene rings is 1. The summed E-state index contributed by atoms with van der Waals surface area (Å²) in [6.45, 7) is 10.6. The molecule has 1 amide bonds. The molecule has 4 heteroatoms. The van der Waals surface area contributed by atoms with Crippen LogP contribution < -0.4 is 5.32 Å². The molecule has 0 heterocycles. The van der Waals surface area contributed by atoms with Gasteiger partial charge >= 0.3 is 6.09 Å². The van der Waals surface area contributed by atoms with Gasteiger partial charge in [0.05, 0.1) is 6.54 Å². The predicted octanol–water partition coefficient (Wildman–Crippen LogP) is 5.04. The molecular weight excluding hydrogens is 288 g/mol. The first-order valence-corrected chi connectivity index (χ1v) is 8.55. The molecule has 130 valence electrons. The van der Waals surface area contributed by atoms with E-state index in [2.05, 4.69) is 31.3 Å². The summed E-state index contributed by atoms with van der Waals surface area (Å²) in [7, 11) is 1.77. The molecule has 0 radical (unpaired) electrons. The van der Waals surface area contributed by atoms with Gasteiger partial charge in [0, 0.05) is 18.8 Å². The number of amides is 1. The van der Waals surface area contributed by atoms with Crippen molar-refractivity contribution in [1.29, 1.82) is 0 Å². The van der Waals surface area contributed by atoms with Gasteiger partial charge in [-0.1, -0.05) is 38.5 Å². The number of carbonyl (C=O) groups is 1. The van der Waals surface area contributed by atoms with Crippen molar-refractivity contribution in [2.24, 2.45) is 0 Å². The van der Waals surface area contributed by atoms with Crippen LogP contribution >= 0.6 is 0 Å². The number of nitrogens with one attached hydrogen (secondary N) is 1. The Morgan fingerprint density at radius 1 is 1.26 bits per heavy atom. The molecule has 0 spiro atoms. The van der Waals surface area contributed by atoms with Gasteiger partial charge in [0.1, 0.15) is 5.60 Å². The molecule has 0 fully saturated rings. The van der Waals surface area contributed by atoms with Gasteiger partial charge in [-0.25, -0.2) is 4.79 Å². The Morgan fingerprint density at radius 3 is 2.48 bits per heavy atom. The number of anilines is 1. The molecule has 1 aromatic carbocycles. The van der Waals surface area contributed by atoms with Crippen LogP contribution in [0, 0.1) is 0 Å². The molecule has 0 aliphatic heterocycles. The van der Waals surface area contributed by atoms with Gasteiger partial charge in [0.15, 0.2) is 0 Å². The van der Waals surface area contributed by atoms with Gasteiger partial charge in [0.2, 0.25) is 0 Å². The number of para-hydroxylation sites is 1. The summed E-state index contributed by atoms with van der Waals surface area (Å²) in [5, 5.41) is 3.61. The molecular formula is C19H32N2O2. The standard InChI is InChI=1S/C19H32N2O2/c1-7-11-16(8-2)20-17-13-10-9-12-15(17)14-21(6)18(22)23-19(3,4)5/h9-10,12-13,16,20H,7-8,11,14H2,1-6H3. The lowest BCUT2D eigenvalue weighted by molar-refractivity contribution is 0.0285. The Morgan fingerprint density at radius 2 is 1.91 bits per heavy atom. The van der Waals surface area contributed by atoms with Crippen molar-refractivity contribution in [3.8, 4) is 0 Å². The lowest BCUT2D eigenvalue weighted by Crippen LogP contribution is -2.34. The minimum atomic E-state index is -0.475. The second-order valence-corrected chi connectivity index (χ2v) is 7.03. The second kappa shape index (κ2) is 8.80. The highest BCUT2D eigenvalue weighted by molar-refractivity contribution is 5.68. The van der Waals surface area contributed by atoms with E-state index in [1.54, 1.807) is 11.9 Å². The van der Waals surface area contributed by atoms with Crippen LogP contribution in [0.15, 0.2) is 24.3 Å². The maximum Gasteiger partial charge on any atom is 0.410 e. The monoisotopic (exact) mass is 320 g/mol. The van der Waals surface area contributed by atoms with Crippen LogP contribution in [0.5, 0.6) is 0 Å². The molecule has 1 N–H and O–H groups in total. The van der Waals surface area contributed by atoms with Crippen molar-refractivity contribution < 1.29 is 9.53 Å². The van der Waals surface area contributed by atoms with Crippen LogP contribution in [0.25, 0.3) is 0 Å². The molecule has 1 aromatic rings. The maximum absolute atomic E-state index is 12.1. The summed E-state index contributed by atoms with van der Waals surface area (Å²) in [5.41, 5.74) is 1.73. The minimum Gasteiger partial charge on any atom is -0.444 e. The van der Waals surface area contributed by atoms with Crippen molar-refractivity contribution in [2.75, 3.05) is 12.4 Å². The van der Waals surface area contributed by atoms with Crippen LogP contribution in [-0.2, 0) is 11.3 Å². The third-order valence-electron chi connectivity index (χ3n) is 3.62. The number of ether oxygens (including phenoxy) is 1. The zero-order valence-electron chi connectivity index (χ0n) is 15.5. The summed E-state index contributed by atoms with van der Waals surface area (Å²) in [5.74, 6) is 0. The average molecular weight is 320 g/mol. The van der Waals surface area contributed by atoms with Crippen molar-refractivity contribution in [1.82, 2.24) is 4.90 Å². The van der Waals surface area contributed by atoms with Gasteiger partial charge in [-0.2, -0.15) is 0 Å². The zero-order valence-corrected chi connectivity index (χ0v) is 15.5. The number of nitrogens with zero attached hydrogens (tertiary/aromatic N) is 1. The Kier molecular flexibility index (Phi) is 7.40. The second-order valence-electron chi connectivity index (χ2n) is 7.03. The molecule has 1 atom stereocenters. The quantitative estimate of drug-likeness (QED) is 0.765. The van der Waals surface area contributed by atoms with E-state index < -0.39 is 5.60 Å². The maximum atomic E-state index is 12.1. The van der Waals surface area contributed by atoms with E-state index in [1.807, 2.05) is 32.9 Å². The van der Waals surface area contributed by atoms with E-state index in [1.165, 1.54) is 0 Å². The first-order chi connectivity index (χ1) is 10.8. The van der Waals surface area contributed by atoms with Crippen molar-refractivity contribution in [3.63, 3.8) is 0 Å². The van der Waals surface area contributed by atoms with Crippen LogP contribution in [-0.4, -0.2) is 29.7 Å². The normalized spacial score (nSPS) is 12.6. The molecule has 0 aromatic heterocycles. The Labute approximate surface area is 141 Å². The van der Waals surface area contributed by atoms with E-state index in [0.717, 1.165) is 30.5 Å². The number of hydrogen-bond acceptors (Lipinski definition) is 3. The molecule has 0 saturated heterocycles. The lowest BCUT2D eigenvalue weighted by atomic mass is 10.1. The van der Waals surface area contributed by atoms with Crippen molar-refractivity contribution in [3.05, 3.63) is 29.8 Å². The van der Waals surface area contributed by atoms with E-state index in [-0.39, 0.29) is 6.09 Å². The van der Waals surface area contributed by atoms with Crippen molar-refractivity contribution >= 4 is 11.8 Å². The Balaban J connectivity index is 2.78. The van der Waals surface area contributed by atoms with Gasteiger partial charge in [-0.3, -0.25) is 0 Å². The molecule has 0 aliphatic rings. The fourth-order valence-electron chi connectivity index (χ4n) is 2.41. The third-order valence-corrected chi connectivity index (χ3v) is 3.62. The molecule has 0 aliphatic carbocycles. The minimum absolute atomic E-state index is 0.298. The number of rotatable bonds is 7. The summed E-state index contributed by atoms with van der Waals surface area (Å²) in [6.07, 6.45) is 3.09. The molecule has 4 nitrogen and oxygen atoms in total. The molecule has 0 bridgehead atoms. The smallest absolute Gasteiger partial charge is 0.410 e. The molecule has 1 rings (SSSR count). The van der Waals surface area contributed by atoms with Crippen LogP contribution in [0.2, 0.25) is 0 Å². The molecule has 1 unspecified atom stereocenters. The highest BCUT2D eigenvalue weighted by Crippen LogP contribution is 2.21. The highest BCUT2D eigenvalue weighted by Gasteiger charge is 2.20.